The van der Waals surface area contributed by atoms with Gasteiger partial charge in [-0.1, -0.05) is 17.7 Å². The lowest BCUT2D eigenvalue weighted by Gasteiger charge is -2.33. The fraction of sp³-hybridized carbons (Fsp3) is 0.400. The van der Waals surface area contributed by atoms with Crippen LogP contribution in [0.3, 0.4) is 0 Å². The minimum absolute atomic E-state index is 0.377. The Kier molecular flexibility index (Phi) is 4.42. The molecule has 0 unspecified atom stereocenters. The zero-order valence-corrected chi connectivity index (χ0v) is 12.9. The van der Waals surface area contributed by atoms with Crippen molar-refractivity contribution in [1.29, 1.82) is 0 Å². The molecule has 2 aromatic rings. The van der Waals surface area contributed by atoms with Gasteiger partial charge in [0.1, 0.15) is 11.6 Å². The number of nitrogens with zero attached hydrogens (tertiary/aromatic N) is 3. The van der Waals surface area contributed by atoms with Crippen LogP contribution in [0.4, 0.5) is 8.78 Å². The molecule has 2 heterocycles. The first-order chi connectivity index (χ1) is 10.5. The minimum Gasteiger partial charge on any atom is -0.371 e. The monoisotopic (exact) mass is 327 g/mol. The van der Waals surface area contributed by atoms with E-state index in [2.05, 4.69) is 10.00 Å². The lowest BCUT2D eigenvalue weighted by atomic mass is 10.1. The standard InChI is InChI=1S/C15H16ClF2N3O/c1-20-14(12(16)7-19-20)8-21-4-5-22-15(9-21)11-3-2-10(17)6-13(11)18/h2-3,6-7,15H,4-5,8-9H2,1H3/t15-/m0/s1. The van der Waals surface area contributed by atoms with Crippen LogP contribution in [0.5, 0.6) is 0 Å². The van der Waals surface area contributed by atoms with Crippen LogP contribution in [-0.2, 0) is 18.3 Å². The van der Waals surface area contributed by atoms with E-state index in [-0.39, 0.29) is 0 Å². The van der Waals surface area contributed by atoms with Crippen LogP contribution in [0.1, 0.15) is 17.4 Å². The van der Waals surface area contributed by atoms with Crippen LogP contribution >= 0.6 is 11.6 Å². The van der Waals surface area contributed by atoms with Crippen LogP contribution < -0.4 is 0 Å². The van der Waals surface area contributed by atoms with Gasteiger partial charge in [-0.3, -0.25) is 9.58 Å². The summed E-state index contributed by atoms with van der Waals surface area (Å²) in [5, 5.41) is 4.72. The number of halogens is 3. The molecular weight excluding hydrogens is 312 g/mol. The molecule has 1 aromatic carbocycles. The second kappa shape index (κ2) is 6.32. The van der Waals surface area contributed by atoms with E-state index < -0.39 is 17.7 Å². The van der Waals surface area contributed by atoms with Crippen LogP contribution in [0, 0.1) is 11.6 Å². The Morgan fingerprint density at radius 3 is 2.91 bits per heavy atom. The van der Waals surface area contributed by atoms with Crippen molar-refractivity contribution in [2.75, 3.05) is 19.7 Å². The molecule has 3 rings (SSSR count). The fourth-order valence-electron chi connectivity index (χ4n) is 2.62. The Morgan fingerprint density at radius 1 is 1.41 bits per heavy atom. The second-order valence-corrected chi connectivity index (χ2v) is 5.73. The van der Waals surface area contributed by atoms with E-state index in [1.807, 2.05) is 7.05 Å². The molecule has 1 aliphatic rings. The van der Waals surface area contributed by atoms with Gasteiger partial charge in [0.25, 0.3) is 0 Å². The van der Waals surface area contributed by atoms with E-state index >= 15 is 0 Å². The van der Waals surface area contributed by atoms with Gasteiger partial charge in [0.05, 0.1) is 29.6 Å². The maximum Gasteiger partial charge on any atom is 0.131 e. The molecule has 1 saturated heterocycles. The summed E-state index contributed by atoms with van der Waals surface area (Å²) in [7, 11) is 1.83. The smallest absolute Gasteiger partial charge is 0.131 e. The molecule has 1 atom stereocenters. The highest BCUT2D eigenvalue weighted by Gasteiger charge is 2.25. The summed E-state index contributed by atoms with van der Waals surface area (Å²) in [5.41, 5.74) is 1.28. The average Bonchev–Trinajstić information content (AvgIpc) is 2.79. The van der Waals surface area contributed by atoms with Crippen LogP contribution in [0.2, 0.25) is 5.02 Å². The number of rotatable bonds is 3. The Balaban J connectivity index is 1.74. The van der Waals surface area contributed by atoms with Crippen molar-refractivity contribution in [1.82, 2.24) is 14.7 Å². The molecule has 22 heavy (non-hydrogen) atoms. The molecule has 0 bridgehead atoms. The highest BCUT2D eigenvalue weighted by atomic mass is 35.5. The maximum absolute atomic E-state index is 13.9. The molecule has 0 amide bonds. The van der Waals surface area contributed by atoms with Crippen molar-refractivity contribution < 1.29 is 13.5 Å². The second-order valence-electron chi connectivity index (χ2n) is 5.32. The molecule has 118 valence electrons. The predicted octanol–water partition coefficient (Wildman–Crippen LogP) is 2.93. The van der Waals surface area contributed by atoms with Gasteiger partial charge in [0.15, 0.2) is 0 Å². The summed E-state index contributed by atoms with van der Waals surface area (Å²) in [6, 6.07) is 3.57. The molecule has 0 N–H and O–H groups in total. The number of aryl methyl sites for hydroxylation is 1. The van der Waals surface area contributed by atoms with Crippen molar-refractivity contribution in [3.8, 4) is 0 Å². The highest BCUT2D eigenvalue weighted by Crippen LogP contribution is 2.27. The van der Waals surface area contributed by atoms with Crippen molar-refractivity contribution in [3.05, 3.63) is 52.3 Å². The molecule has 7 heteroatoms. The first kappa shape index (κ1) is 15.4. The van der Waals surface area contributed by atoms with Crippen LogP contribution in [-0.4, -0.2) is 34.4 Å². The molecule has 1 fully saturated rings. The summed E-state index contributed by atoms with van der Waals surface area (Å²) < 4.78 is 34.3. The first-order valence-electron chi connectivity index (χ1n) is 7.00. The minimum atomic E-state index is -0.587. The molecular formula is C15H16ClF2N3O. The summed E-state index contributed by atoms with van der Waals surface area (Å²) >= 11 is 6.12. The third-order valence-corrected chi connectivity index (χ3v) is 4.16. The highest BCUT2D eigenvalue weighted by molar-refractivity contribution is 6.31. The zero-order chi connectivity index (χ0) is 15.7. The molecule has 0 saturated carbocycles. The number of morpholine rings is 1. The van der Waals surface area contributed by atoms with Crippen molar-refractivity contribution in [2.45, 2.75) is 12.6 Å². The van der Waals surface area contributed by atoms with Gasteiger partial charge in [-0.05, 0) is 6.07 Å². The van der Waals surface area contributed by atoms with E-state index in [4.69, 9.17) is 16.3 Å². The van der Waals surface area contributed by atoms with Crippen molar-refractivity contribution in [3.63, 3.8) is 0 Å². The lowest BCUT2D eigenvalue weighted by Crippen LogP contribution is -2.38. The molecule has 0 aliphatic carbocycles. The maximum atomic E-state index is 13.9. The van der Waals surface area contributed by atoms with E-state index in [0.29, 0.717) is 30.3 Å². The van der Waals surface area contributed by atoms with Gasteiger partial charge in [0, 0.05) is 38.3 Å². The van der Waals surface area contributed by atoms with Gasteiger partial charge in [-0.15, -0.1) is 0 Å². The van der Waals surface area contributed by atoms with Crippen LogP contribution in [0.25, 0.3) is 0 Å². The van der Waals surface area contributed by atoms with Crippen LogP contribution in [0.15, 0.2) is 24.4 Å². The van der Waals surface area contributed by atoms with Crippen molar-refractivity contribution in [2.24, 2.45) is 7.05 Å². The number of hydrogen-bond donors (Lipinski definition) is 0. The quantitative estimate of drug-likeness (QED) is 0.868. The molecule has 4 nitrogen and oxygen atoms in total. The third kappa shape index (κ3) is 3.14. The predicted molar refractivity (Wildman–Crippen MR) is 78.5 cm³/mol. The molecule has 1 aromatic heterocycles. The zero-order valence-electron chi connectivity index (χ0n) is 12.1. The number of hydrogen-bond acceptors (Lipinski definition) is 3. The van der Waals surface area contributed by atoms with E-state index in [0.717, 1.165) is 18.3 Å². The first-order valence-corrected chi connectivity index (χ1v) is 7.37. The van der Waals surface area contributed by atoms with Gasteiger partial charge in [0.2, 0.25) is 0 Å². The normalized spacial score (nSPS) is 19.5. The Bertz CT molecular complexity index is 657. The SMILES string of the molecule is Cn1ncc(Cl)c1CN1CCO[C@H](c2ccc(F)cc2F)C1. The summed E-state index contributed by atoms with van der Waals surface area (Å²) in [6.45, 7) is 2.33. The Hall–Kier alpha value is -1.50. The largest absolute Gasteiger partial charge is 0.371 e. The molecule has 1 aliphatic heterocycles. The number of aromatic nitrogens is 2. The van der Waals surface area contributed by atoms with Gasteiger partial charge >= 0.3 is 0 Å². The summed E-state index contributed by atoms with van der Waals surface area (Å²) in [5.74, 6) is -1.17. The van der Waals surface area contributed by atoms with Gasteiger partial charge < -0.3 is 4.74 Å². The topological polar surface area (TPSA) is 30.3 Å². The number of ether oxygens (including phenoxy) is 1. The van der Waals surface area contributed by atoms with Gasteiger partial charge in [-0.25, -0.2) is 8.78 Å². The third-order valence-electron chi connectivity index (χ3n) is 3.84. The van der Waals surface area contributed by atoms with Gasteiger partial charge in [-0.2, -0.15) is 5.10 Å². The Morgan fingerprint density at radius 2 is 2.23 bits per heavy atom. The van der Waals surface area contributed by atoms with E-state index in [1.165, 1.54) is 12.1 Å². The van der Waals surface area contributed by atoms with E-state index in [9.17, 15) is 8.78 Å². The van der Waals surface area contributed by atoms with E-state index in [1.54, 1.807) is 10.9 Å². The average molecular weight is 328 g/mol. The lowest BCUT2D eigenvalue weighted by molar-refractivity contribution is -0.0351. The fourth-order valence-corrected chi connectivity index (χ4v) is 2.85. The summed E-state index contributed by atoms with van der Waals surface area (Å²) in [4.78, 5) is 2.12. The number of benzene rings is 1. The molecule has 0 radical (unpaired) electrons. The summed E-state index contributed by atoms with van der Waals surface area (Å²) in [6.07, 6.45) is 1.19. The molecule has 0 spiro atoms. The Labute approximate surface area is 132 Å². The van der Waals surface area contributed by atoms with Crippen molar-refractivity contribution >= 4 is 11.6 Å².